The van der Waals surface area contributed by atoms with Gasteiger partial charge in [0.2, 0.25) is 0 Å². The highest BCUT2D eigenvalue weighted by Crippen LogP contribution is 2.22. The molecule has 2 heterocycles. The minimum atomic E-state index is -3.63. The summed E-state index contributed by atoms with van der Waals surface area (Å²) in [6.45, 7) is 2.78. The minimum Gasteiger partial charge on any atom is -0.370 e. The molecular weight excluding hydrogens is 288 g/mol. The number of hydrogen-bond donors (Lipinski definition) is 1. The second-order valence-electron chi connectivity index (χ2n) is 4.49. The molecule has 0 amide bonds. The predicted octanol–water partition coefficient (Wildman–Crippen LogP) is 2.12. The second-order valence-corrected chi connectivity index (χ2v) is 6.46. The maximum atomic E-state index is 12.6. The van der Waals surface area contributed by atoms with Crippen molar-refractivity contribution in [3.63, 3.8) is 0 Å². The van der Waals surface area contributed by atoms with Gasteiger partial charge in [-0.2, -0.15) is 0 Å². The highest BCUT2D eigenvalue weighted by Gasteiger charge is 2.21. The molecular formula is C14H18N4O2S. The van der Waals surface area contributed by atoms with E-state index in [1.54, 1.807) is 18.3 Å². The van der Waals surface area contributed by atoms with E-state index >= 15 is 0 Å². The van der Waals surface area contributed by atoms with Crippen molar-refractivity contribution in [2.45, 2.75) is 18.2 Å². The van der Waals surface area contributed by atoms with Crippen LogP contribution in [-0.2, 0) is 10.0 Å². The van der Waals surface area contributed by atoms with Gasteiger partial charge in [0.15, 0.2) is 0 Å². The maximum Gasteiger partial charge on any atom is 0.264 e. The van der Waals surface area contributed by atoms with Crippen molar-refractivity contribution in [3.05, 3.63) is 42.9 Å². The Balaban J connectivity index is 2.31. The lowest BCUT2D eigenvalue weighted by molar-refractivity contribution is 0.594. The van der Waals surface area contributed by atoms with Crippen LogP contribution < -0.4 is 9.62 Å². The quantitative estimate of drug-likeness (QED) is 0.885. The molecule has 1 N–H and O–H groups in total. The van der Waals surface area contributed by atoms with E-state index in [0.717, 1.165) is 13.0 Å². The van der Waals surface area contributed by atoms with Gasteiger partial charge < -0.3 is 5.32 Å². The number of anilines is 2. The van der Waals surface area contributed by atoms with Gasteiger partial charge in [-0.25, -0.2) is 13.4 Å². The zero-order chi connectivity index (χ0) is 15.3. The summed E-state index contributed by atoms with van der Waals surface area (Å²) in [5, 5.41) is 3.08. The van der Waals surface area contributed by atoms with Gasteiger partial charge in [0.05, 0.1) is 16.8 Å². The molecule has 0 spiro atoms. The molecule has 0 radical (unpaired) electrons. The summed E-state index contributed by atoms with van der Waals surface area (Å²) in [6, 6.07) is 6.42. The van der Waals surface area contributed by atoms with Crippen LogP contribution in [0.3, 0.4) is 0 Å². The van der Waals surface area contributed by atoms with Crippen LogP contribution in [0, 0.1) is 0 Å². The third kappa shape index (κ3) is 3.49. The van der Waals surface area contributed by atoms with Crippen molar-refractivity contribution in [2.24, 2.45) is 0 Å². The molecule has 112 valence electrons. The Hall–Kier alpha value is -2.15. The first-order valence-electron chi connectivity index (χ1n) is 6.64. The first-order valence-corrected chi connectivity index (χ1v) is 8.08. The molecule has 0 atom stereocenters. The standard InChI is InChI=1S/C14H18N4O2S/c1-3-7-16-14-10-13(6-9-17-14)21(19,20)18(2)12-5-4-8-15-11-12/h4-6,8-11H,3,7H2,1-2H3,(H,16,17). The molecule has 2 aromatic rings. The smallest absolute Gasteiger partial charge is 0.264 e. The summed E-state index contributed by atoms with van der Waals surface area (Å²) in [5.74, 6) is 0.553. The third-order valence-electron chi connectivity index (χ3n) is 2.96. The van der Waals surface area contributed by atoms with Gasteiger partial charge in [0.1, 0.15) is 5.82 Å². The topological polar surface area (TPSA) is 75.2 Å². The van der Waals surface area contributed by atoms with E-state index in [0.29, 0.717) is 11.5 Å². The van der Waals surface area contributed by atoms with Crippen LogP contribution in [-0.4, -0.2) is 32.0 Å². The van der Waals surface area contributed by atoms with Gasteiger partial charge in [0, 0.05) is 32.1 Å². The number of pyridine rings is 2. The molecule has 0 saturated heterocycles. The number of nitrogens with zero attached hydrogens (tertiary/aromatic N) is 3. The van der Waals surface area contributed by atoms with E-state index in [-0.39, 0.29) is 4.90 Å². The van der Waals surface area contributed by atoms with Crippen LogP contribution in [0.15, 0.2) is 47.8 Å². The van der Waals surface area contributed by atoms with Crippen LogP contribution in [0.4, 0.5) is 11.5 Å². The molecule has 0 bridgehead atoms. The molecule has 7 heteroatoms. The van der Waals surface area contributed by atoms with E-state index in [1.165, 1.54) is 35.9 Å². The lowest BCUT2D eigenvalue weighted by atomic mass is 10.4. The van der Waals surface area contributed by atoms with Gasteiger partial charge in [-0.15, -0.1) is 0 Å². The summed E-state index contributed by atoms with van der Waals surface area (Å²) in [7, 11) is -2.12. The fraction of sp³-hybridized carbons (Fsp3) is 0.286. The van der Waals surface area contributed by atoms with Gasteiger partial charge in [0.25, 0.3) is 10.0 Å². The second kappa shape index (κ2) is 6.53. The number of hydrogen-bond acceptors (Lipinski definition) is 5. The van der Waals surface area contributed by atoms with Crippen molar-refractivity contribution in [2.75, 3.05) is 23.2 Å². The normalized spacial score (nSPS) is 11.1. The van der Waals surface area contributed by atoms with Crippen molar-refractivity contribution >= 4 is 21.5 Å². The van der Waals surface area contributed by atoms with E-state index in [1.807, 2.05) is 6.92 Å². The Kier molecular flexibility index (Phi) is 4.74. The highest BCUT2D eigenvalue weighted by atomic mass is 32.2. The first kappa shape index (κ1) is 15.2. The molecule has 21 heavy (non-hydrogen) atoms. The molecule has 2 aromatic heterocycles. The Morgan fingerprint density at radius 1 is 1.29 bits per heavy atom. The van der Waals surface area contributed by atoms with Crippen LogP contribution in [0.25, 0.3) is 0 Å². The monoisotopic (exact) mass is 306 g/mol. The fourth-order valence-electron chi connectivity index (χ4n) is 1.76. The molecule has 0 aliphatic rings. The van der Waals surface area contributed by atoms with Crippen molar-refractivity contribution in [1.29, 1.82) is 0 Å². The summed E-state index contributed by atoms with van der Waals surface area (Å²) in [4.78, 5) is 8.25. The minimum absolute atomic E-state index is 0.197. The van der Waals surface area contributed by atoms with E-state index in [2.05, 4.69) is 15.3 Å². The summed E-state index contributed by atoms with van der Waals surface area (Å²) in [6.07, 6.45) is 5.54. The average molecular weight is 306 g/mol. The largest absolute Gasteiger partial charge is 0.370 e. The number of rotatable bonds is 6. The highest BCUT2D eigenvalue weighted by molar-refractivity contribution is 7.92. The number of aromatic nitrogens is 2. The Bertz CT molecular complexity index is 689. The molecule has 0 saturated carbocycles. The lowest BCUT2D eigenvalue weighted by Gasteiger charge is -2.19. The summed E-state index contributed by atoms with van der Waals surface area (Å²) >= 11 is 0. The van der Waals surface area contributed by atoms with Crippen LogP contribution in [0.1, 0.15) is 13.3 Å². The Morgan fingerprint density at radius 3 is 2.76 bits per heavy atom. The fourth-order valence-corrected chi connectivity index (χ4v) is 2.95. The first-order chi connectivity index (χ1) is 10.1. The molecule has 0 aliphatic heterocycles. The molecule has 0 aromatic carbocycles. The Morgan fingerprint density at radius 2 is 2.10 bits per heavy atom. The average Bonchev–Trinajstić information content (AvgIpc) is 2.53. The van der Waals surface area contributed by atoms with Crippen molar-refractivity contribution in [1.82, 2.24) is 9.97 Å². The molecule has 0 fully saturated rings. The molecule has 6 nitrogen and oxygen atoms in total. The molecule has 2 rings (SSSR count). The molecule has 0 unspecified atom stereocenters. The van der Waals surface area contributed by atoms with Crippen molar-refractivity contribution < 1.29 is 8.42 Å². The van der Waals surface area contributed by atoms with E-state index in [4.69, 9.17) is 0 Å². The Labute approximate surface area is 124 Å². The molecule has 0 aliphatic carbocycles. The zero-order valence-corrected chi connectivity index (χ0v) is 12.8. The van der Waals surface area contributed by atoms with Crippen LogP contribution >= 0.6 is 0 Å². The SMILES string of the molecule is CCCNc1cc(S(=O)(=O)N(C)c2cccnc2)ccn1. The van der Waals surface area contributed by atoms with E-state index < -0.39 is 10.0 Å². The van der Waals surface area contributed by atoms with Crippen LogP contribution in [0.2, 0.25) is 0 Å². The number of sulfonamides is 1. The van der Waals surface area contributed by atoms with Crippen molar-refractivity contribution in [3.8, 4) is 0 Å². The third-order valence-corrected chi connectivity index (χ3v) is 4.74. The van der Waals surface area contributed by atoms with Gasteiger partial charge >= 0.3 is 0 Å². The van der Waals surface area contributed by atoms with Gasteiger partial charge in [-0.1, -0.05) is 6.92 Å². The maximum absolute atomic E-state index is 12.6. The number of nitrogens with one attached hydrogen (secondary N) is 1. The summed E-state index contributed by atoms with van der Waals surface area (Å²) in [5.41, 5.74) is 0.511. The van der Waals surface area contributed by atoms with Gasteiger partial charge in [-0.3, -0.25) is 9.29 Å². The summed E-state index contributed by atoms with van der Waals surface area (Å²) < 4.78 is 26.4. The lowest BCUT2D eigenvalue weighted by Crippen LogP contribution is -2.26. The van der Waals surface area contributed by atoms with Gasteiger partial charge in [-0.05, 0) is 24.6 Å². The zero-order valence-electron chi connectivity index (χ0n) is 12.0. The van der Waals surface area contributed by atoms with E-state index in [9.17, 15) is 8.42 Å². The van der Waals surface area contributed by atoms with Crippen LogP contribution in [0.5, 0.6) is 0 Å². The predicted molar refractivity (Wildman–Crippen MR) is 82.8 cm³/mol.